The van der Waals surface area contributed by atoms with Crippen LogP contribution in [0.5, 0.6) is 0 Å². The maximum absolute atomic E-state index is 14.0. The van der Waals surface area contributed by atoms with E-state index in [0.29, 0.717) is 12.8 Å². The molecule has 2 saturated heterocycles. The maximum Gasteiger partial charge on any atom is 0.410 e. The Morgan fingerprint density at radius 3 is 2.26 bits per heavy atom. The van der Waals surface area contributed by atoms with Crippen molar-refractivity contribution in [2.45, 2.75) is 44.4 Å². The Morgan fingerprint density at radius 2 is 1.59 bits per heavy atom. The molecule has 2 unspecified atom stereocenters. The van der Waals surface area contributed by atoms with Gasteiger partial charge in [0.2, 0.25) is 0 Å². The van der Waals surface area contributed by atoms with Crippen molar-refractivity contribution < 1.29 is 18.7 Å². The van der Waals surface area contributed by atoms with Crippen LogP contribution in [0.4, 0.5) is 9.18 Å². The fourth-order valence-corrected chi connectivity index (χ4v) is 4.36. The van der Waals surface area contributed by atoms with E-state index in [-0.39, 0.29) is 42.0 Å². The molecule has 2 atom stereocenters. The van der Waals surface area contributed by atoms with Crippen LogP contribution >= 0.6 is 0 Å². The van der Waals surface area contributed by atoms with Crippen LogP contribution in [0, 0.1) is 11.7 Å². The Bertz CT molecular complexity index is 824. The molecule has 0 aliphatic carbocycles. The van der Waals surface area contributed by atoms with Gasteiger partial charge in [0.15, 0.2) is 5.78 Å². The molecule has 1 amide bonds. The number of carbonyl (C=O) groups excluding carboxylic acids is 2. The van der Waals surface area contributed by atoms with Gasteiger partial charge in [0.05, 0.1) is 5.56 Å². The van der Waals surface area contributed by atoms with Crippen LogP contribution in [0.15, 0.2) is 54.6 Å². The number of Topliss-reactive ketones (excluding diaryl/α,β-unsaturated/α-hetero) is 1. The van der Waals surface area contributed by atoms with E-state index in [2.05, 4.69) is 0 Å². The summed E-state index contributed by atoms with van der Waals surface area (Å²) < 4.78 is 19.5. The number of rotatable bonds is 4. The standard InChI is InChI=1S/C22H22FNO3/c23-20-9-5-4-8-19(20)21(25)16-12-17-10-11-18(13-16)24(17)22(26)27-14-15-6-2-1-3-7-15/h1-9,16-18H,10-14H2. The summed E-state index contributed by atoms with van der Waals surface area (Å²) in [6, 6.07) is 15.7. The summed E-state index contributed by atoms with van der Waals surface area (Å²) in [6.45, 7) is 0.243. The summed E-state index contributed by atoms with van der Waals surface area (Å²) in [6.07, 6.45) is 2.56. The first-order chi connectivity index (χ1) is 13.1. The number of hydrogen-bond donors (Lipinski definition) is 0. The lowest BCUT2D eigenvalue weighted by Crippen LogP contribution is -2.48. The smallest absolute Gasteiger partial charge is 0.410 e. The van der Waals surface area contributed by atoms with Gasteiger partial charge in [0.25, 0.3) is 0 Å². The number of hydrogen-bond acceptors (Lipinski definition) is 3. The topological polar surface area (TPSA) is 46.6 Å². The van der Waals surface area contributed by atoms with E-state index >= 15 is 0 Å². The number of fused-ring (bicyclic) bond motifs is 2. The van der Waals surface area contributed by atoms with Crippen LogP contribution < -0.4 is 0 Å². The Kier molecular flexibility index (Phi) is 4.92. The van der Waals surface area contributed by atoms with Crippen LogP contribution in [0.1, 0.15) is 41.6 Å². The van der Waals surface area contributed by atoms with Gasteiger partial charge < -0.3 is 9.64 Å². The number of nitrogens with zero attached hydrogens (tertiary/aromatic N) is 1. The third kappa shape index (κ3) is 3.59. The van der Waals surface area contributed by atoms with Gasteiger partial charge >= 0.3 is 6.09 Å². The number of benzene rings is 2. The number of carbonyl (C=O) groups is 2. The molecule has 0 radical (unpaired) electrons. The van der Waals surface area contributed by atoms with E-state index in [4.69, 9.17) is 4.74 Å². The van der Waals surface area contributed by atoms with Crippen LogP contribution in [0.2, 0.25) is 0 Å². The minimum absolute atomic E-state index is 0.00672. The van der Waals surface area contributed by atoms with E-state index in [1.165, 1.54) is 6.07 Å². The van der Waals surface area contributed by atoms with Crippen LogP contribution in [0.25, 0.3) is 0 Å². The second-order valence-electron chi connectivity index (χ2n) is 7.34. The molecule has 0 saturated carbocycles. The molecule has 2 aliphatic heterocycles. The second-order valence-corrected chi connectivity index (χ2v) is 7.34. The average Bonchev–Trinajstić information content (AvgIpc) is 2.96. The van der Waals surface area contributed by atoms with Crippen molar-refractivity contribution in [3.63, 3.8) is 0 Å². The Labute approximate surface area is 157 Å². The Hall–Kier alpha value is -2.69. The number of ketones is 1. The third-order valence-electron chi connectivity index (χ3n) is 5.66. The average molecular weight is 367 g/mol. The quantitative estimate of drug-likeness (QED) is 0.743. The first-order valence-electron chi connectivity index (χ1n) is 9.41. The Morgan fingerprint density at radius 1 is 0.963 bits per heavy atom. The summed E-state index contributed by atoms with van der Waals surface area (Å²) in [7, 11) is 0. The Balaban J connectivity index is 1.41. The highest BCUT2D eigenvalue weighted by molar-refractivity contribution is 5.98. The molecule has 140 valence electrons. The van der Waals surface area contributed by atoms with Crippen molar-refractivity contribution in [3.8, 4) is 0 Å². The van der Waals surface area contributed by atoms with Gasteiger partial charge in [-0.2, -0.15) is 0 Å². The zero-order chi connectivity index (χ0) is 18.8. The predicted molar refractivity (Wildman–Crippen MR) is 98.7 cm³/mol. The van der Waals surface area contributed by atoms with Crippen molar-refractivity contribution in [1.29, 1.82) is 0 Å². The van der Waals surface area contributed by atoms with Gasteiger partial charge in [-0.25, -0.2) is 9.18 Å². The summed E-state index contributed by atoms with van der Waals surface area (Å²) in [5, 5.41) is 0. The summed E-state index contributed by atoms with van der Waals surface area (Å²) >= 11 is 0. The van der Waals surface area contributed by atoms with Crippen molar-refractivity contribution in [2.75, 3.05) is 0 Å². The van der Waals surface area contributed by atoms with Crippen LogP contribution in [0.3, 0.4) is 0 Å². The van der Waals surface area contributed by atoms with Gasteiger partial charge in [-0.15, -0.1) is 0 Å². The fourth-order valence-electron chi connectivity index (χ4n) is 4.36. The first kappa shape index (κ1) is 17.7. The zero-order valence-corrected chi connectivity index (χ0v) is 15.0. The predicted octanol–water partition coefficient (Wildman–Crippen LogP) is 4.59. The SMILES string of the molecule is O=C(c1ccccc1F)C1CC2CCC(C1)N2C(=O)OCc1ccccc1. The molecule has 2 fully saturated rings. The van der Waals surface area contributed by atoms with Crippen molar-refractivity contribution in [2.24, 2.45) is 5.92 Å². The molecule has 2 aromatic carbocycles. The lowest BCUT2D eigenvalue weighted by atomic mass is 9.85. The summed E-state index contributed by atoms with van der Waals surface area (Å²) in [5.74, 6) is -0.862. The molecule has 0 N–H and O–H groups in total. The summed E-state index contributed by atoms with van der Waals surface area (Å²) in [5.41, 5.74) is 1.10. The van der Waals surface area contributed by atoms with Crippen molar-refractivity contribution >= 4 is 11.9 Å². The van der Waals surface area contributed by atoms with E-state index in [1.807, 2.05) is 30.3 Å². The number of amides is 1. The minimum Gasteiger partial charge on any atom is -0.445 e. The number of piperidine rings is 1. The largest absolute Gasteiger partial charge is 0.445 e. The molecule has 2 aromatic rings. The molecule has 2 bridgehead atoms. The van der Waals surface area contributed by atoms with E-state index < -0.39 is 5.82 Å². The molecule has 5 heteroatoms. The number of ether oxygens (including phenoxy) is 1. The molecule has 0 aromatic heterocycles. The van der Waals surface area contributed by atoms with E-state index in [0.717, 1.165) is 18.4 Å². The van der Waals surface area contributed by atoms with Gasteiger partial charge in [-0.05, 0) is 43.4 Å². The normalized spacial score (nSPS) is 23.9. The maximum atomic E-state index is 14.0. The van der Waals surface area contributed by atoms with Gasteiger partial charge in [-0.3, -0.25) is 4.79 Å². The van der Waals surface area contributed by atoms with E-state index in [1.54, 1.807) is 23.1 Å². The molecule has 2 aliphatic rings. The van der Waals surface area contributed by atoms with Gasteiger partial charge in [0, 0.05) is 18.0 Å². The minimum atomic E-state index is -0.473. The van der Waals surface area contributed by atoms with Crippen molar-refractivity contribution in [3.05, 3.63) is 71.5 Å². The van der Waals surface area contributed by atoms with Crippen LogP contribution in [-0.4, -0.2) is 28.9 Å². The lowest BCUT2D eigenvalue weighted by Gasteiger charge is -2.37. The van der Waals surface area contributed by atoms with Crippen LogP contribution in [-0.2, 0) is 11.3 Å². The lowest BCUT2D eigenvalue weighted by molar-refractivity contribution is 0.0483. The number of halogens is 1. The van der Waals surface area contributed by atoms with Gasteiger partial charge in [-0.1, -0.05) is 42.5 Å². The second kappa shape index (κ2) is 7.51. The molecule has 4 rings (SSSR count). The third-order valence-corrected chi connectivity index (χ3v) is 5.66. The van der Waals surface area contributed by atoms with Crippen molar-refractivity contribution in [1.82, 2.24) is 4.90 Å². The monoisotopic (exact) mass is 367 g/mol. The molecule has 0 spiro atoms. The van der Waals surface area contributed by atoms with Gasteiger partial charge in [0.1, 0.15) is 12.4 Å². The fraction of sp³-hybridized carbons (Fsp3) is 0.364. The highest BCUT2D eigenvalue weighted by atomic mass is 19.1. The highest BCUT2D eigenvalue weighted by Crippen LogP contribution is 2.40. The molecule has 27 heavy (non-hydrogen) atoms. The summed E-state index contributed by atoms with van der Waals surface area (Å²) in [4.78, 5) is 27.1. The zero-order valence-electron chi connectivity index (χ0n) is 15.0. The molecular weight excluding hydrogens is 345 g/mol. The highest BCUT2D eigenvalue weighted by Gasteiger charge is 2.46. The van der Waals surface area contributed by atoms with E-state index in [9.17, 15) is 14.0 Å². The molecule has 2 heterocycles. The molecule has 4 nitrogen and oxygen atoms in total. The first-order valence-corrected chi connectivity index (χ1v) is 9.41. The molecular formula is C22H22FNO3.